The van der Waals surface area contributed by atoms with Crippen LogP contribution in [-0.2, 0) is 14.3 Å². The minimum atomic E-state index is -1.15. The number of hydrogen-bond acceptors (Lipinski definition) is 6. The molecule has 6 nitrogen and oxygen atoms in total. The first-order valence-corrected chi connectivity index (χ1v) is 6.14. The van der Waals surface area contributed by atoms with Crippen LogP contribution >= 0.6 is 0 Å². The number of benzene rings is 1. The molecule has 1 atom stereocenters. The molecule has 21 heavy (non-hydrogen) atoms. The molecule has 6 heteroatoms. The summed E-state index contributed by atoms with van der Waals surface area (Å²) in [5.74, 6) is -2.45. The van der Waals surface area contributed by atoms with Crippen LogP contribution in [0.5, 0.6) is 5.75 Å². The van der Waals surface area contributed by atoms with Crippen LogP contribution in [0.2, 0.25) is 0 Å². The molecule has 1 N–H and O–H groups in total. The summed E-state index contributed by atoms with van der Waals surface area (Å²) in [6.45, 7) is 7.47. The van der Waals surface area contributed by atoms with E-state index in [4.69, 9.17) is 9.47 Å². The summed E-state index contributed by atoms with van der Waals surface area (Å²) in [7, 11) is 0. The molecule has 0 aromatic heterocycles. The summed E-state index contributed by atoms with van der Waals surface area (Å²) in [5, 5.41) is 9.87. The third-order valence-corrected chi connectivity index (χ3v) is 2.53. The van der Waals surface area contributed by atoms with E-state index in [-0.39, 0.29) is 22.5 Å². The molecular weight excluding hydrogens is 276 g/mol. The van der Waals surface area contributed by atoms with E-state index < -0.39 is 24.0 Å². The number of ether oxygens (including phenoxy) is 2. The van der Waals surface area contributed by atoms with Gasteiger partial charge >= 0.3 is 11.9 Å². The molecule has 0 saturated carbocycles. The molecule has 0 aliphatic rings. The van der Waals surface area contributed by atoms with E-state index in [0.29, 0.717) is 0 Å². The highest BCUT2D eigenvalue weighted by Gasteiger charge is 2.21. The van der Waals surface area contributed by atoms with Gasteiger partial charge in [-0.2, -0.15) is 0 Å². The molecule has 112 valence electrons. The van der Waals surface area contributed by atoms with Crippen LogP contribution in [0.25, 0.3) is 0 Å². The zero-order chi connectivity index (χ0) is 16.2. The van der Waals surface area contributed by atoms with Crippen molar-refractivity contribution in [1.29, 1.82) is 0 Å². The van der Waals surface area contributed by atoms with Crippen LogP contribution < -0.4 is 0 Å². The molecule has 0 heterocycles. The minimum absolute atomic E-state index is 0.0102. The number of Topliss-reactive ketones (excluding diaryl/α,β-unsaturated/α-hetero) is 1. The van der Waals surface area contributed by atoms with Crippen LogP contribution in [0, 0.1) is 0 Å². The summed E-state index contributed by atoms with van der Waals surface area (Å²) in [5.41, 5.74) is -0.00344. The van der Waals surface area contributed by atoms with Crippen molar-refractivity contribution >= 4 is 17.7 Å². The summed E-state index contributed by atoms with van der Waals surface area (Å²) in [4.78, 5) is 34.5. The second-order valence-electron chi connectivity index (χ2n) is 4.42. The number of aromatic hydroxyl groups is 1. The lowest BCUT2D eigenvalue weighted by atomic mass is 10.1. The van der Waals surface area contributed by atoms with Gasteiger partial charge in [0.25, 0.3) is 0 Å². The van der Waals surface area contributed by atoms with Gasteiger partial charge in [0, 0.05) is 12.5 Å². The van der Waals surface area contributed by atoms with E-state index in [2.05, 4.69) is 6.58 Å². The molecule has 1 rings (SSSR count). The van der Waals surface area contributed by atoms with Gasteiger partial charge in [0.1, 0.15) is 11.3 Å². The molecule has 0 aliphatic heterocycles. The molecule has 1 aromatic rings. The van der Waals surface area contributed by atoms with E-state index >= 15 is 0 Å². The minimum Gasteiger partial charge on any atom is -0.506 e. The van der Waals surface area contributed by atoms with Gasteiger partial charge in [-0.3, -0.25) is 4.79 Å². The van der Waals surface area contributed by atoms with E-state index in [1.54, 1.807) is 0 Å². The van der Waals surface area contributed by atoms with Crippen LogP contribution in [0.4, 0.5) is 0 Å². The first-order valence-electron chi connectivity index (χ1n) is 6.14. The van der Waals surface area contributed by atoms with E-state index in [1.807, 2.05) is 0 Å². The molecule has 0 fully saturated rings. The highest BCUT2D eigenvalue weighted by atomic mass is 16.7. The summed E-state index contributed by atoms with van der Waals surface area (Å²) in [6, 6.07) is 4.13. The van der Waals surface area contributed by atoms with E-state index in [0.717, 1.165) is 0 Å². The zero-order valence-corrected chi connectivity index (χ0v) is 12.0. The first kappa shape index (κ1) is 16.4. The van der Waals surface area contributed by atoms with Crippen molar-refractivity contribution in [3.05, 3.63) is 41.5 Å². The van der Waals surface area contributed by atoms with Crippen molar-refractivity contribution in [2.75, 3.05) is 0 Å². The van der Waals surface area contributed by atoms with Gasteiger partial charge < -0.3 is 14.6 Å². The maximum Gasteiger partial charge on any atom is 0.345 e. The lowest BCUT2D eigenvalue weighted by Crippen LogP contribution is -2.22. The number of esters is 2. The molecule has 0 aliphatic carbocycles. The summed E-state index contributed by atoms with van der Waals surface area (Å²) in [6.07, 6.45) is -1.15. The van der Waals surface area contributed by atoms with Crippen molar-refractivity contribution < 1.29 is 29.0 Å². The smallest absolute Gasteiger partial charge is 0.345 e. The Morgan fingerprint density at radius 2 is 1.71 bits per heavy atom. The van der Waals surface area contributed by atoms with Gasteiger partial charge in [0.2, 0.25) is 6.29 Å². The normalized spacial score (nSPS) is 11.4. The quantitative estimate of drug-likeness (QED) is 0.387. The van der Waals surface area contributed by atoms with Crippen LogP contribution in [0.3, 0.4) is 0 Å². The molecular formula is C15H16O6. The van der Waals surface area contributed by atoms with E-state index in [1.165, 1.54) is 39.0 Å². The number of carbonyl (C=O) groups excluding carboxylic acids is 3. The van der Waals surface area contributed by atoms with Gasteiger partial charge in [-0.15, -0.1) is 0 Å². The fraction of sp³-hybridized carbons (Fsp3) is 0.267. The molecule has 0 amide bonds. The third kappa shape index (κ3) is 4.17. The highest BCUT2D eigenvalue weighted by molar-refractivity contribution is 6.02. The molecule has 0 bridgehead atoms. The molecule has 0 radical (unpaired) electrons. The largest absolute Gasteiger partial charge is 0.506 e. The fourth-order valence-corrected chi connectivity index (χ4v) is 1.48. The van der Waals surface area contributed by atoms with Crippen molar-refractivity contribution in [2.45, 2.75) is 27.1 Å². The number of rotatable bonds is 5. The zero-order valence-electron chi connectivity index (χ0n) is 12.0. The summed E-state index contributed by atoms with van der Waals surface area (Å²) < 4.78 is 9.67. The maximum absolute atomic E-state index is 11.9. The van der Waals surface area contributed by atoms with Crippen molar-refractivity contribution in [2.24, 2.45) is 0 Å². The Bertz CT molecular complexity index is 602. The number of carbonyl (C=O) groups is 3. The Hall–Kier alpha value is -2.63. The van der Waals surface area contributed by atoms with E-state index in [9.17, 15) is 19.5 Å². The average molecular weight is 292 g/mol. The lowest BCUT2D eigenvalue weighted by molar-refractivity contribution is -0.160. The van der Waals surface area contributed by atoms with Crippen LogP contribution in [0.1, 0.15) is 41.5 Å². The monoisotopic (exact) mass is 292 g/mol. The Morgan fingerprint density at radius 1 is 1.14 bits per heavy atom. The highest BCUT2D eigenvalue weighted by Crippen LogP contribution is 2.24. The Kier molecular flexibility index (Phi) is 5.24. The predicted octanol–water partition coefficient (Wildman–Crippen LogP) is 2.22. The SMILES string of the molecule is C=C(C)C(=O)OC(C)OC(=O)c1cccc(C(C)=O)c1O. The first-order chi connectivity index (χ1) is 9.73. The van der Waals surface area contributed by atoms with Gasteiger partial charge in [-0.05, 0) is 26.0 Å². The lowest BCUT2D eigenvalue weighted by Gasteiger charge is -2.15. The van der Waals surface area contributed by atoms with Gasteiger partial charge in [0.15, 0.2) is 5.78 Å². The standard InChI is InChI=1S/C15H16O6/c1-8(2)14(18)20-10(4)21-15(19)12-7-5-6-11(9(3)16)13(12)17/h5-7,10,17H,1H2,2-4H3. The fourth-order valence-electron chi connectivity index (χ4n) is 1.48. The third-order valence-electron chi connectivity index (χ3n) is 2.53. The number of para-hydroxylation sites is 1. The summed E-state index contributed by atoms with van der Waals surface area (Å²) >= 11 is 0. The van der Waals surface area contributed by atoms with Crippen molar-refractivity contribution in [3.8, 4) is 5.75 Å². The van der Waals surface area contributed by atoms with Gasteiger partial charge in [-0.25, -0.2) is 9.59 Å². The second kappa shape index (κ2) is 6.69. The average Bonchev–Trinajstić information content (AvgIpc) is 2.37. The number of ketones is 1. The maximum atomic E-state index is 11.9. The Morgan fingerprint density at radius 3 is 2.24 bits per heavy atom. The molecule has 1 aromatic carbocycles. The number of phenolic OH excluding ortho intramolecular Hbond substituents is 1. The predicted molar refractivity (Wildman–Crippen MR) is 73.9 cm³/mol. The van der Waals surface area contributed by atoms with Crippen LogP contribution in [-0.4, -0.2) is 29.1 Å². The molecule has 1 unspecified atom stereocenters. The number of hydrogen-bond donors (Lipinski definition) is 1. The van der Waals surface area contributed by atoms with Gasteiger partial charge in [0.05, 0.1) is 5.56 Å². The topological polar surface area (TPSA) is 89.9 Å². The Balaban J connectivity index is 2.85. The van der Waals surface area contributed by atoms with Gasteiger partial charge in [-0.1, -0.05) is 12.6 Å². The molecule has 0 saturated heterocycles. The van der Waals surface area contributed by atoms with Crippen LogP contribution in [0.15, 0.2) is 30.4 Å². The number of phenols is 1. The van der Waals surface area contributed by atoms with Crippen molar-refractivity contribution in [1.82, 2.24) is 0 Å². The Labute approximate surface area is 122 Å². The second-order valence-corrected chi connectivity index (χ2v) is 4.42. The van der Waals surface area contributed by atoms with Crippen molar-refractivity contribution in [3.63, 3.8) is 0 Å². The molecule has 0 spiro atoms.